The molecule has 0 unspecified atom stereocenters. The van der Waals surface area contributed by atoms with Gasteiger partial charge in [-0.2, -0.15) is 0 Å². The van der Waals surface area contributed by atoms with Gasteiger partial charge in [-0.15, -0.1) is 4.83 Å². The largest absolute Gasteiger partial charge is 0.308 e. The highest BCUT2D eigenvalue weighted by Crippen LogP contribution is 2.06. The number of hydrazine groups is 1. The Hall–Kier alpha value is -1.33. The average Bonchev–Trinajstić information content (AvgIpc) is 2.14. The van der Waals surface area contributed by atoms with Gasteiger partial charge < -0.3 is 5.43 Å². The molecule has 5 heteroatoms. The molecule has 4 nitrogen and oxygen atoms in total. The van der Waals surface area contributed by atoms with E-state index in [0.717, 1.165) is 11.8 Å². The van der Waals surface area contributed by atoms with E-state index in [9.17, 15) is 8.42 Å². The summed E-state index contributed by atoms with van der Waals surface area (Å²) in [7, 11) is -3.25. The topological polar surface area (TPSA) is 58.2 Å². The first-order valence-electron chi connectivity index (χ1n) is 3.96. The van der Waals surface area contributed by atoms with E-state index in [2.05, 4.69) is 16.8 Å². The van der Waals surface area contributed by atoms with Crippen LogP contribution in [0.1, 0.15) is 5.56 Å². The molecule has 0 aliphatic rings. The van der Waals surface area contributed by atoms with Crippen molar-refractivity contribution in [3.05, 3.63) is 42.5 Å². The third-order valence-electron chi connectivity index (χ3n) is 1.51. The Labute approximate surface area is 83.7 Å². The van der Waals surface area contributed by atoms with E-state index in [1.54, 1.807) is 0 Å². The average molecular weight is 212 g/mol. The second-order valence-corrected chi connectivity index (χ2v) is 4.59. The van der Waals surface area contributed by atoms with Crippen molar-refractivity contribution in [1.82, 2.24) is 10.3 Å². The maximum atomic E-state index is 10.8. The number of nitrogens with one attached hydrogen (secondary N) is 2. The van der Waals surface area contributed by atoms with Crippen LogP contribution < -0.4 is 10.3 Å². The molecule has 0 bridgehead atoms. The lowest BCUT2D eigenvalue weighted by Crippen LogP contribution is -2.34. The molecule has 1 rings (SSSR count). The van der Waals surface area contributed by atoms with Crippen molar-refractivity contribution < 1.29 is 8.42 Å². The van der Waals surface area contributed by atoms with Gasteiger partial charge in [-0.3, -0.25) is 0 Å². The summed E-state index contributed by atoms with van der Waals surface area (Å²) in [5.74, 6) is 0. The summed E-state index contributed by atoms with van der Waals surface area (Å²) in [6.07, 6.45) is 1.07. The van der Waals surface area contributed by atoms with Gasteiger partial charge in [0.1, 0.15) is 0 Å². The smallest absolute Gasteiger partial charge is 0.225 e. The predicted octanol–water partition coefficient (Wildman–Crippen LogP) is 0.711. The lowest BCUT2D eigenvalue weighted by atomic mass is 10.2. The monoisotopic (exact) mass is 212 g/mol. The summed E-state index contributed by atoms with van der Waals surface area (Å²) in [5, 5.41) is 0. The van der Waals surface area contributed by atoms with Crippen LogP contribution in [0.5, 0.6) is 0 Å². The van der Waals surface area contributed by atoms with E-state index in [1.807, 2.05) is 30.3 Å². The van der Waals surface area contributed by atoms with Crippen molar-refractivity contribution in [3.63, 3.8) is 0 Å². The number of hydrogen-bond donors (Lipinski definition) is 2. The van der Waals surface area contributed by atoms with Crippen molar-refractivity contribution in [2.75, 3.05) is 6.26 Å². The van der Waals surface area contributed by atoms with Gasteiger partial charge in [0.15, 0.2) is 0 Å². The number of rotatable bonds is 4. The van der Waals surface area contributed by atoms with E-state index in [1.165, 1.54) is 0 Å². The molecule has 1 aromatic rings. The van der Waals surface area contributed by atoms with Crippen LogP contribution in [0.3, 0.4) is 0 Å². The molecule has 2 N–H and O–H groups in total. The summed E-state index contributed by atoms with van der Waals surface area (Å²) in [6.45, 7) is 3.69. The van der Waals surface area contributed by atoms with Crippen LogP contribution in [0.15, 0.2) is 36.9 Å². The lowest BCUT2D eigenvalue weighted by molar-refractivity contribution is 0.582. The highest BCUT2D eigenvalue weighted by Gasteiger charge is 2.01. The van der Waals surface area contributed by atoms with Crippen LogP contribution >= 0.6 is 0 Å². The third-order valence-corrected chi connectivity index (χ3v) is 1.98. The first-order chi connectivity index (χ1) is 6.49. The summed E-state index contributed by atoms with van der Waals surface area (Å²) in [6, 6.07) is 9.24. The summed E-state index contributed by atoms with van der Waals surface area (Å²) in [4.78, 5) is 2.14. The summed E-state index contributed by atoms with van der Waals surface area (Å²) in [5.41, 5.74) is 3.85. The molecular weight excluding hydrogens is 200 g/mol. The van der Waals surface area contributed by atoms with Crippen LogP contribution in [0, 0.1) is 0 Å². The SMILES string of the molecule is C=C(NNS(C)(=O)=O)c1ccccc1. The van der Waals surface area contributed by atoms with Crippen LogP contribution in [-0.4, -0.2) is 14.7 Å². The zero-order valence-electron chi connectivity index (χ0n) is 7.82. The lowest BCUT2D eigenvalue weighted by Gasteiger charge is -2.08. The van der Waals surface area contributed by atoms with Gasteiger partial charge in [0, 0.05) is 5.70 Å². The second kappa shape index (κ2) is 4.26. The number of hydrogen-bond acceptors (Lipinski definition) is 3. The van der Waals surface area contributed by atoms with Crippen LogP contribution in [0.2, 0.25) is 0 Å². The van der Waals surface area contributed by atoms with E-state index >= 15 is 0 Å². The minimum absolute atomic E-state index is 0.510. The van der Waals surface area contributed by atoms with Crippen LogP contribution in [-0.2, 0) is 10.0 Å². The molecule has 76 valence electrons. The first-order valence-corrected chi connectivity index (χ1v) is 5.85. The van der Waals surface area contributed by atoms with Crippen LogP contribution in [0.25, 0.3) is 5.70 Å². The fraction of sp³-hybridized carbons (Fsp3) is 0.111. The number of benzene rings is 1. The van der Waals surface area contributed by atoms with Crippen molar-refractivity contribution in [2.45, 2.75) is 0 Å². The van der Waals surface area contributed by atoms with Crippen molar-refractivity contribution in [3.8, 4) is 0 Å². The Bertz CT molecular complexity index is 412. The fourth-order valence-corrected chi connectivity index (χ4v) is 1.17. The Morgan fingerprint density at radius 1 is 1.29 bits per heavy atom. The van der Waals surface area contributed by atoms with Gasteiger partial charge in [-0.1, -0.05) is 36.9 Å². The third kappa shape index (κ3) is 3.59. The molecule has 0 spiro atoms. The standard InChI is InChI=1S/C9H12N2O2S/c1-8(10-11-14(2,12)13)9-6-4-3-5-7-9/h3-7,10-11H,1H2,2H3. The van der Waals surface area contributed by atoms with Gasteiger partial charge in [-0.05, 0) is 5.56 Å². The van der Waals surface area contributed by atoms with Crippen LogP contribution in [0.4, 0.5) is 0 Å². The Morgan fingerprint density at radius 2 is 1.86 bits per heavy atom. The van der Waals surface area contributed by atoms with E-state index in [4.69, 9.17) is 0 Å². The molecule has 14 heavy (non-hydrogen) atoms. The van der Waals surface area contributed by atoms with Crippen molar-refractivity contribution >= 4 is 15.7 Å². The van der Waals surface area contributed by atoms with E-state index < -0.39 is 10.0 Å². The van der Waals surface area contributed by atoms with Crippen molar-refractivity contribution in [2.24, 2.45) is 0 Å². The normalized spacial score (nSPS) is 10.9. The maximum absolute atomic E-state index is 10.8. The maximum Gasteiger partial charge on any atom is 0.225 e. The molecule has 0 saturated heterocycles. The second-order valence-electron chi connectivity index (χ2n) is 2.84. The molecule has 0 aliphatic heterocycles. The molecule has 0 saturated carbocycles. The van der Waals surface area contributed by atoms with Gasteiger partial charge in [-0.25, -0.2) is 8.42 Å². The van der Waals surface area contributed by atoms with E-state index in [0.29, 0.717) is 5.70 Å². The molecule has 0 fully saturated rings. The molecular formula is C9H12N2O2S. The molecule has 0 amide bonds. The molecule has 0 heterocycles. The molecule has 0 aromatic heterocycles. The minimum atomic E-state index is -3.25. The van der Waals surface area contributed by atoms with Gasteiger partial charge in [0.2, 0.25) is 10.0 Å². The number of sulfonamides is 1. The quantitative estimate of drug-likeness (QED) is 0.723. The molecule has 0 atom stereocenters. The fourth-order valence-electron chi connectivity index (χ4n) is 0.866. The highest BCUT2D eigenvalue weighted by molar-refractivity contribution is 7.88. The van der Waals surface area contributed by atoms with Crippen molar-refractivity contribution in [1.29, 1.82) is 0 Å². The minimum Gasteiger partial charge on any atom is -0.308 e. The van der Waals surface area contributed by atoms with E-state index in [-0.39, 0.29) is 0 Å². The zero-order valence-corrected chi connectivity index (χ0v) is 8.64. The van der Waals surface area contributed by atoms with Gasteiger partial charge >= 0.3 is 0 Å². The van der Waals surface area contributed by atoms with Gasteiger partial charge in [0.25, 0.3) is 0 Å². The molecule has 0 radical (unpaired) electrons. The van der Waals surface area contributed by atoms with Gasteiger partial charge in [0.05, 0.1) is 6.26 Å². The first kappa shape index (κ1) is 10.7. The predicted molar refractivity (Wildman–Crippen MR) is 56.6 cm³/mol. The summed E-state index contributed by atoms with van der Waals surface area (Å²) >= 11 is 0. The Kier molecular flexibility index (Phi) is 3.27. The zero-order chi connectivity index (χ0) is 10.6. The highest BCUT2D eigenvalue weighted by atomic mass is 32.2. The molecule has 0 aliphatic carbocycles. The Balaban J connectivity index is 2.61. The summed E-state index contributed by atoms with van der Waals surface area (Å²) < 4.78 is 21.5. The molecule has 1 aromatic carbocycles. The Morgan fingerprint density at radius 3 is 2.36 bits per heavy atom.